The van der Waals surface area contributed by atoms with Crippen molar-refractivity contribution in [1.82, 2.24) is 20.2 Å². The Labute approximate surface area is 116 Å². The number of carbonyl (C=O) groups is 1. The molecule has 5 nitrogen and oxygen atoms in total. The smallest absolute Gasteiger partial charge is 0.271 e. The first-order chi connectivity index (χ1) is 8.67. The molecule has 0 saturated carbocycles. The maximum atomic E-state index is 11.7. The third-order valence-corrected chi connectivity index (χ3v) is 3.09. The van der Waals surface area contributed by atoms with Gasteiger partial charge in [0.25, 0.3) is 5.91 Å². The van der Waals surface area contributed by atoms with Crippen molar-refractivity contribution in [3.63, 3.8) is 0 Å². The number of halogens is 1. The Hall–Kier alpha value is -1.01. The zero-order valence-corrected chi connectivity index (χ0v) is 12.4. The maximum absolute atomic E-state index is 11.7. The van der Waals surface area contributed by atoms with Gasteiger partial charge >= 0.3 is 0 Å². The lowest BCUT2D eigenvalue weighted by Gasteiger charge is -2.17. The summed E-state index contributed by atoms with van der Waals surface area (Å²) < 4.78 is 0.626. The summed E-state index contributed by atoms with van der Waals surface area (Å²) in [5.74, 6) is -0.172. The van der Waals surface area contributed by atoms with Gasteiger partial charge in [-0.05, 0) is 42.0 Å². The molecule has 1 heterocycles. The summed E-state index contributed by atoms with van der Waals surface area (Å²) >= 11 is 3.18. The van der Waals surface area contributed by atoms with Crippen LogP contribution in [0.2, 0.25) is 0 Å². The van der Waals surface area contributed by atoms with E-state index in [2.05, 4.69) is 50.0 Å². The van der Waals surface area contributed by atoms with E-state index in [1.807, 2.05) is 0 Å². The molecular weight excluding hydrogens is 296 g/mol. The second-order valence-corrected chi connectivity index (χ2v) is 4.67. The van der Waals surface area contributed by atoms with Crippen molar-refractivity contribution in [3.8, 4) is 0 Å². The van der Waals surface area contributed by atoms with Gasteiger partial charge in [0.2, 0.25) is 0 Å². The first-order valence-corrected chi connectivity index (χ1v) is 6.94. The average molecular weight is 315 g/mol. The van der Waals surface area contributed by atoms with E-state index in [1.165, 1.54) is 12.4 Å². The highest BCUT2D eigenvalue weighted by Gasteiger charge is 2.06. The minimum Gasteiger partial charge on any atom is -0.351 e. The van der Waals surface area contributed by atoms with E-state index in [4.69, 9.17) is 0 Å². The van der Waals surface area contributed by atoms with Gasteiger partial charge in [0.05, 0.1) is 12.4 Å². The minimum absolute atomic E-state index is 0.172. The molecule has 0 fully saturated rings. The molecule has 0 bridgehead atoms. The Morgan fingerprint density at radius 1 is 1.33 bits per heavy atom. The molecule has 0 aromatic carbocycles. The molecular formula is C12H19BrN4O. The average Bonchev–Trinajstić information content (AvgIpc) is 2.39. The number of rotatable bonds is 7. The van der Waals surface area contributed by atoms with Gasteiger partial charge in [-0.1, -0.05) is 13.8 Å². The molecule has 1 rings (SSSR count). The number of hydrogen-bond acceptors (Lipinski definition) is 4. The van der Waals surface area contributed by atoms with Crippen molar-refractivity contribution < 1.29 is 4.79 Å². The molecule has 18 heavy (non-hydrogen) atoms. The Morgan fingerprint density at radius 2 is 2.06 bits per heavy atom. The second-order valence-electron chi connectivity index (χ2n) is 3.86. The molecule has 0 spiro atoms. The fourth-order valence-electron chi connectivity index (χ4n) is 1.56. The van der Waals surface area contributed by atoms with Gasteiger partial charge in [-0.3, -0.25) is 4.79 Å². The molecule has 0 atom stereocenters. The van der Waals surface area contributed by atoms with Crippen LogP contribution in [0.1, 0.15) is 30.8 Å². The van der Waals surface area contributed by atoms with Gasteiger partial charge in [-0.25, -0.2) is 9.97 Å². The predicted molar refractivity (Wildman–Crippen MR) is 74.5 cm³/mol. The summed E-state index contributed by atoms with van der Waals surface area (Å²) in [5.41, 5.74) is 0.348. The maximum Gasteiger partial charge on any atom is 0.271 e. The minimum atomic E-state index is -0.172. The zero-order valence-electron chi connectivity index (χ0n) is 10.8. The lowest BCUT2D eigenvalue weighted by atomic mass is 10.3. The lowest BCUT2D eigenvalue weighted by Crippen LogP contribution is -2.30. The molecule has 1 aromatic heterocycles. The monoisotopic (exact) mass is 314 g/mol. The summed E-state index contributed by atoms with van der Waals surface area (Å²) in [6.07, 6.45) is 3.92. The van der Waals surface area contributed by atoms with E-state index < -0.39 is 0 Å². The third-order valence-electron chi connectivity index (χ3n) is 2.68. The molecule has 0 aliphatic heterocycles. The molecule has 0 radical (unpaired) electrons. The van der Waals surface area contributed by atoms with Gasteiger partial charge in [-0.15, -0.1) is 0 Å². The van der Waals surface area contributed by atoms with E-state index in [-0.39, 0.29) is 5.91 Å². The van der Waals surface area contributed by atoms with E-state index in [0.29, 0.717) is 16.8 Å². The summed E-state index contributed by atoms with van der Waals surface area (Å²) in [6.45, 7) is 8.02. The van der Waals surface area contributed by atoms with Gasteiger partial charge < -0.3 is 10.2 Å². The largest absolute Gasteiger partial charge is 0.351 e. The van der Waals surface area contributed by atoms with Crippen molar-refractivity contribution in [2.75, 3.05) is 26.2 Å². The van der Waals surface area contributed by atoms with E-state index in [0.717, 1.165) is 26.1 Å². The van der Waals surface area contributed by atoms with Gasteiger partial charge in [0, 0.05) is 6.54 Å². The fraction of sp³-hybridized carbons (Fsp3) is 0.583. The van der Waals surface area contributed by atoms with Gasteiger partial charge in [0.15, 0.2) is 0 Å². The molecule has 1 amide bonds. The van der Waals surface area contributed by atoms with Crippen LogP contribution < -0.4 is 5.32 Å². The Kier molecular flexibility index (Phi) is 6.82. The Bertz CT molecular complexity index is 365. The Balaban J connectivity index is 2.27. The van der Waals surface area contributed by atoms with Gasteiger partial charge in [-0.2, -0.15) is 0 Å². The van der Waals surface area contributed by atoms with Crippen LogP contribution in [0.3, 0.4) is 0 Å². The van der Waals surface area contributed by atoms with E-state index >= 15 is 0 Å². The highest BCUT2D eigenvalue weighted by Crippen LogP contribution is 2.02. The van der Waals surface area contributed by atoms with Crippen LogP contribution in [0, 0.1) is 0 Å². The zero-order chi connectivity index (χ0) is 13.4. The van der Waals surface area contributed by atoms with Gasteiger partial charge in [0.1, 0.15) is 10.3 Å². The number of amides is 1. The van der Waals surface area contributed by atoms with Crippen LogP contribution in [0.25, 0.3) is 0 Å². The van der Waals surface area contributed by atoms with Crippen molar-refractivity contribution in [2.24, 2.45) is 0 Å². The quantitative estimate of drug-likeness (QED) is 0.778. The predicted octanol–water partition coefficient (Wildman–Crippen LogP) is 1.70. The molecule has 6 heteroatoms. The third kappa shape index (κ3) is 5.10. The molecule has 0 aliphatic carbocycles. The molecule has 0 unspecified atom stereocenters. The number of aromatic nitrogens is 2. The summed E-state index contributed by atoms with van der Waals surface area (Å²) in [4.78, 5) is 22.0. The topological polar surface area (TPSA) is 58.1 Å². The van der Waals surface area contributed by atoms with Crippen molar-refractivity contribution in [3.05, 3.63) is 22.7 Å². The van der Waals surface area contributed by atoms with Crippen molar-refractivity contribution >= 4 is 21.8 Å². The number of carbonyl (C=O) groups excluding carboxylic acids is 1. The van der Waals surface area contributed by atoms with Crippen LogP contribution in [-0.2, 0) is 0 Å². The number of nitrogens with one attached hydrogen (secondary N) is 1. The first-order valence-electron chi connectivity index (χ1n) is 6.15. The van der Waals surface area contributed by atoms with Crippen LogP contribution in [0.4, 0.5) is 0 Å². The number of nitrogens with zero attached hydrogens (tertiary/aromatic N) is 3. The molecule has 1 N–H and O–H groups in total. The molecule has 0 saturated heterocycles. The van der Waals surface area contributed by atoms with Crippen LogP contribution >= 0.6 is 15.9 Å². The highest BCUT2D eigenvalue weighted by atomic mass is 79.9. The second kappa shape index (κ2) is 8.16. The fourth-order valence-corrected chi connectivity index (χ4v) is 1.77. The highest BCUT2D eigenvalue weighted by molar-refractivity contribution is 9.10. The summed E-state index contributed by atoms with van der Waals surface area (Å²) in [6, 6.07) is 0. The van der Waals surface area contributed by atoms with Crippen molar-refractivity contribution in [1.29, 1.82) is 0 Å². The Morgan fingerprint density at radius 3 is 2.61 bits per heavy atom. The van der Waals surface area contributed by atoms with Crippen LogP contribution in [0.15, 0.2) is 17.0 Å². The molecule has 0 aliphatic rings. The van der Waals surface area contributed by atoms with Crippen LogP contribution in [0.5, 0.6) is 0 Å². The molecule has 1 aromatic rings. The summed E-state index contributed by atoms with van der Waals surface area (Å²) in [7, 11) is 0. The lowest BCUT2D eigenvalue weighted by molar-refractivity contribution is 0.0946. The van der Waals surface area contributed by atoms with Crippen LogP contribution in [-0.4, -0.2) is 47.0 Å². The SMILES string of the molecule is CCN(CC)CCCNC(=O)c1cnc(Br)cn1. The van der Waals surface area contributed by atoms with E-state index in [1.54, 1.807) is 0 Å². The summed E-state index contributed by atoms with van der Waals surface area (Å²) in [5, 5.41) is 2.84. The van der Waals surface area contributed by atoms with Crippen molar-refractivity contribution in [2.45, 2.75) is 20.3 Å². The normalized spacial score (nSPS) is 10.7. The molecule has 100 valence electrons. The first kappa shape index (κ1) is 15.0. The number of hydrogen-bond donors (Lipinski definition) is 1. The standard InChI is InChI=1S/C12H19BrN4O/c1-3-17(4-2)7-5-6-14-12(18)10-8-16-11(13)9-15-10/h8-9H,3-7H2,1-2H3,(H,14,18). The van der Waals surface area contributed by atoms with E-state index in [9.17, 15) is 4.79 Å².